The number of hydrogen-bond acceptors (Lipinski definition) is 5. The number of nitrogens with zero attached hydrogens (tertiary/aromatic N) is 2. The third kappa shape index (κ3) is 3.16. The maximum Gasteiger partial charge on any atom is 0.224 e. The van der Waals surface area contributed by atoms with Gasteiger partial charge in [-0.15, -0.1) is 0 Å². The maximum atomic E-state index is 12.1. The summed E-state index contributed by atoms with van der Waals surface area (Å²) in [6.45, 7) is 2.76. The standard InChI is InChI=1S/C15H20N4OS/c16-7-8-17-14(20)11-4-3-9-19(10-11)15-18-12-5-1-2-6-13(12)21-15/h1-2,5-6,11H,3-4,7-10,16H2,(H,17,20). The van der Waals surface area contributed by atoms with Crippen molar-refractivity contribution < 1.29 is 4.79 Å². The molecule has 0 aliphatic carbocycles. The molecule has 1 aliphatic heterocycles. The van der Waals surface area contributed by atoms with Crippen LogP contribution in [-0.2, 0) is 4.79 Å². The van der Waals surface area contributed by atoms with Crippen molar-refractivity contribution in [2.24, 2.45) is 11.7 Å². The number of nitrogens with one attached hydrogen (secondary N) is 1. The van der Waals surface area contributed by atoms with Crippen LogP contribution in [0.5, 0.6) is 0 Å². The number of para-hydroxylation sites is 1. The second-order valence-corrected chi connectivity index (χ2v) is 6.34. The van der Waals surface area contributed by atoms with E-state index in [0.717, 1.165) is 36.6 Å². The molecule has 3 N–H and O–H groups in total. The van der Waals surface area contributed by atoms with Crippen molar-refractivity contribution in [2.75, 3.05) is 31.1 Å². The first-order valence-electron chi connectivity index (χ1n) is 7.36. The number of benzene rings is 1. The highest BCUT2D eigenvalue weighted by Crippen LogP contribution is 2.31. The summed E-state index contributed by atoms with van der Waals surface area (Å²) >= 11 is 1.70. The van der Waals surface area contributed by atoms with Crippen molar-refractivity contribution in [2.45, 2.75) is 12.8 Å². The normalized spacial score (nSPS) is 18.9. The summed E-state index contributed by atoms with van der Waals surface area (Å²) in [4.78, 5) is 19.0. The average molecular weight is 304 g/mol. The van der Waals surface area contributed by atoms with Crippen molar-refractivity contribution >= 4 is 32.6 Å². The number of fused-ring (bicyclic) bond motifs is 1. The highest BCUT2D eigenvalue weighted by molar-refractivity contribution is 7.22. The Morgan fingerprint density at radius 1 is 1.48 bits per heavy atom. The van der Waals surface area contributed by atoms with Crippen LogP contribution in [0, 0.1) is 5.92 Å². The van der Waals surface area contributed by atoms with E-state index in [1.807, 2.05) is 18.2 Å². The van der Waals surface area contributed by atoms with Crippen LogP contribution in [0.1, 0.15) is 12.8 Å². The van der Waals surface area contributed by atoms with Gasteiger partial charge in [-0.1, -0.05) is 23.5 Å². The molecule has 1 fully saturated rings. The monoisotopic (exact) mass is 304 g/mol. The van der Waals surface area contributed by atoms with Gasteiger partial charge in [0.2, 0.25) is 5.91 Å². The fourth-order valence-corrected chi connectivity index (χ4v) is 3.70. The summed E-state index contributed by atoms with van der Waals surface area (Å²) < 4.78 is 1.20. The number of aromatic nitrogens is 1. The number of hydrogen-bond donors (Lipinski definition) is 2. The Hall–Kier alpha value is -1.66. The number of thiazole rings is 1. The molecule has 1 aromatic heterocycles. The van der Waals surface area contributed by atoms with E-state index in [9.17, 15) is 4.79 Å². The first-order valence-corrected chi connectivity index (χ1v) is 8.18. The van der Waals surface area contributed by atoms with Gasteiger partial charge in [-0.05, 0) is 25.0 Å². The molecule has 0 saturated carbocycles. The van der Waals surface area contributed by atoms with E-state index in [1.165, 1.54) is 4.70 Å². The smallest absolute Gasteiger partial charge is 0.224 e. The molecule has 0 bridgehead atoms. The lowest BCUT2D eigenvalue weighted by atomic mass is 9.97. The van der Waals surface area contributed by atoms with E-state index >= 15 is 0 Å². The summed E-state index contributed by atoms with van der Waals surface area (Å²) in [7, 11) is 0. The number of carbonyl (C=O) groups excluding carboxylic acids is 1. The minimum Gasteiger partial charge on any atom is -0.355 e. The van der Waals surface area contributed by atoms with Gasteiger partial charge >= 0.3 is 0 Å². The number of nitrogens with two attached hydrogens (primary N) is 1. The molecule has 1 aromatic carbocycles. The largest absolute Gasteiger partial charge is 0.355 e. The second-order valence-electron chi connectivity index (χ2n) is 5.33. The van der Waals surface area contributed by atoms with Gasteiger partial charge in [-0.25, -0.2) is 4.98 Å². The Morgan fingerprint density at radius 3 is 3.14 bits per heavy atom. The Kier molecular flexibility index (Phi) is 4.36. The van der Waals surface area contributed by atoms with Crippen LogP contribution in [-0.4, -0.2) is 37.1 Å². The van der Waals surface area contributed by atoms with Gasteiger partial charge in [-0.2, -0.15) is 0 Å². The maximum absolute atomic E-state index is 12.1. The number of anilines is 1. The van der Waals surface area contributed by atoms with E-state index in [4.69, 9.17) is 5.73 Å². The number of carbonyl (C=O) groups is 1. The zero-order chi connectivity index (χ0) is 14.7. The van der Waals surface area contributed by atoms with Crippen LogP contribution in [0.25, 0.3) is 10.2 Å². The summed E-state index contributed by atoms with van der Waals surface area (Å²) in [5.74, 6) is 0.156. The average Bonchev–Trinajstić information content (AvgIpc) is 2.97. The predicted molar refractivity (Wildman–Crippen MR) is 86.6 cm³/mol. The fraction of sp³-hybridized carbons (Fsp3) is 0.467. The summed E-state index contributed by atoms with van der Waals surface area (Å²) in [6.07, 6.45) is 1.97. The molecule has 3 rings (SSSR count). The van der Waals surface area contributed by atoms with Crippen LogP contribution in [0.15, 0.2) is 24.3 Å². The van der Waals surface area contributed by atoms with Crippen molar-refractivity contribution in [3.63, 3.8) is 0 Å². The molecule has 1 atom stereocenters. The molecule has 1 saturated heterocycles. The summed E-state index contributed by atoms with van der Waals surface area (Å²) in [5.41, 5.74) is 6.47. The third-order valence-corrected chi connectivity index (χ3v) is 4.89. The van der Waals surface area contributed by atoms with Gasteiger partial charge in [0.1, 0.15) is 0 Å². The van der Waals surface area contributed by atoms with E-state index in [-0.39, 0.29) is 11.8 Å². The number of amides is 1. The first kappa shape index (κ1) is 14.3. The molecule has 5 nitrogen and oxygen atoms in total. The molecular weight excluding hydrogens is 284 g/mol. The molecule has 1 aliphatic rings. The lowest BCUT2D eigenvalue weighted by Crippen LogP contribution is -2.44. The van der Waals surface area contributed by atoms with E-state index in [0.29, 0.717) is 13.1 Å². The second kappa shape index (κ2) is 6.41. The lowest BCUT2D eigenvalue weighted by molar-refractivity contribution is -0.125. The Balaban J connectivity index is 1.72. The molecule has 6 heteroatoms. The van der Waals surface area contributed by atoms with Gasteiger partial charge in [0.15, 0.2) is 5.13 Å². The lowest BCUT2D eigenvalue weighted by Gasteiger charge is -2.31. The summed E-state index contributed by atoms with van der Waals surface area (Å²) in [5, 5.41) is 3.91. The number of piperidine rings is 1. The van der Waals surface area contributed by atoms with Crippen molar-refractivity contribution in [3.8, 4) is 0 Å². The highest BCUT2D eigenvalue weighted by atomic mass is 32.1. The minimum absolute atomic E-state index is 0.0392. The predicted octanol–water partition coefficient (Wildman–Crippen LogP) is 1.59. The molecule has 0 radical (unpaired) electrons. The van der Waals surface area contributed by atoms with Crippen molar-refractivity contribution in [1.29, 1.82) is 0 Å². The molecule has 0 spiro atoms. The van der Waals surface area contributed by atoms with Gasteiger partial charge in [-0.3, -0.25) is 4.79 Å². The highest BCUT2D eigenvalue weighted by Gasteiger charge is 2.27. The van der Waals surface area contributed by atoms with Crippen LogP contribution >= 0.6 is 11.3 Å². The molecule has 112 valence electrons. The zero-order valence-electron chi connectivity index (χ0n) is 11.9. The molecule has 1 unspecified atom stereocenters. The van der Waals surface area contributed by atoms with Crippen LogP contribution < -0.4 is 16.0 Å². The van der Waals surface area contributed by atoms with Gasteiger partial charge in [0, 0.05) is 26.2 Å². The molecule has 21 heavy (non-hydrogen) atoms. The van der Waals surface area contributed by atoms with Crippen LogP contribution in [0.4, 0.5) is 5.13 Å². The SMILES string of the molecule is NCCNC(=O)C1CCCN(c2nc3ccccc3s2)C1. The molecule has 2 heterocycles. The van der Waals surface area contributed by atoms with Crippen molar-refractivity contribution in [1.82, 2.24) is 10.3 Å². The van der Waals surface area contributed by atoms with Gasteiger partial charge in [0.05, 0.1) is 16.1 Å². The van der Waals surface area contributed by atoms with Crippen LogP contribution in [0.3, 0.4) is 0 Å². The minimum atomic E-state index is 0.0392. The first-order chi connectivity index (χ1) is 10.3. The van der Waals surface area contributed by atoms with Gasteiger partial charge < -0.3 is 16.0 Å². The van der Waals surface area contributed by atoms with E-state index in [1.54, 1.807) is 11.3 Å². The third-order valence-electron chi connectivity index (χ3n) is 3.79. The fourth-order valence-electron chi connectivity index (χ4n) is 2.70. The van der Waals surface area contributed by atoms with E-state index < -0.39 is 0 Å². The number of rotatable bonds is 4. The zero-order valence-corrected chi connectivity index (χ0v) is 12.7. The van der Waals surface area contributed by atoms with Crippen LogP contribution in [0.2, 0.25) is 0 Å². The molecular formula is C15H20N4OS. The van der Waals surface area contributed by atoms with E-state index in [2.05, 4.69) is 21.3 Å². The Morgan fingerprint density at radius 2 is 2.33 bits per heavy atom. The van der Waals surface area contributed by atoms with Gasteiger partial charge in [0.25, 0.3) is 0 Å². The molecule has 1 amide bonds. The molecule has 2 aromatic rings. The quantitative estimate of drug-likeness (QED) is 0.900. The summed E-state index contributed by atoms with van der Waals surface area (Å²) in [6, 6.07) is 8.16. The Bertz CT molecular complexity index is 594. The Labute approximate surface area is 128 Å². The topological polar surface area (TPSA) is 71.2 Å². The van der Waals surface area contributed by atoms with Crippen molar-refractivity contribution in [3.05, 3.63) is 24.3 Å².